The Hall–Kier alpha value is -2.24. The molecule has 0 aliphatic heterocycles. The van der Waals surface area contributed by atoms with Crippen LogP contribution in [0.25, 0.3) is 0 Å². The molecule has 0 spiro atoms. The standard InChI is InChI=1S/C19H27N2O5P/c1-12-8-9-20-18(14(12)3)21-26-27(23,19(4,5)6)25-15-10-13(2)17(22)16(11-15)24-7/h8-11,22H,1-7H3,(H,20,21). The van der Waals surface area contributed by atoms with E-state index in [1.165, 1.54) is 13.2 Å². The normalized spacial score (nSPS) is 13.7. The second kappa shape index (κ2) is 7.79. The molecule has 0 fully saturated rings. The fourth-order valence-electron chi connectivity index (χ4n) is 2.19. The molecule has 2 N–H and O–H groups in total. The predicted octanol–water partition coefficient (Wildman–Crippen LogP) is 5.14. The van der Waals surface area contributed by atoms with Crippen LogP contribution >= 0.6 is 7.60 Å². The zero-order valence-electron chi connectivity index (χ0n) is 16.8. The average molecular weight is 394 g/mol. The van der Waals surface area contributed by atoms with Crippen LogP contribution in [0.3, 0.4) is 0 Å². The lowest BCUT2D eigenvalue weighted by molar-refractivity contribution is 0.292. The number of aromatic nitrogens is 1. The third-order valence-corrected chi connectivity index (χ3v) is 6.67. The minimum Gasteiger partial charge on any atom is -0.504 e. The van der Waals surface area contributed by atoms with Crippen molar-refractivity contribution in [3.8, 4) is 17.2 Å². The Bertz CT molecular complexity index is 877. The second-order valence-corrected chi connectivity index (χ2v) is 10.0. The molecule has 1 aromatic heterocycles. The number of benzene rings is 1. The molecule has 1 heterocycles. The summed E-state index contributed by atoms with van der Waals surface area (Å²) in [6.45, 7) is 10.8. The Morgan fingerprint density at radius 3 is 2.41 bits per heavy atom. The smallest absolute Gasteiger partial charge is 0.405 e. The monoisotopic (exact) mass is 394 g/mol. The number of pyridine rings is 1. The van der Waals surface area contributed by atoms with E-state index in [1.54, 1.807) is 40.0 Å². The number of ether oxygens (including phenoxy) is 1. The van der Waals surface area contributed by atoms with Crippen molar-refractivity contribution in [3.63, 3.8) is 0 Å². The molecule has 1 atom stereocenters. The zero-order chi connectivity index (χ0) is 20.4. The topological polar surface area (TPSA) is 89.9 Å². The average Bonchev–Trinajstić information content (AvgIpc) is 2.58. The van der Waals surface area contributed by atoms with E-state index in [2.05, 4.69) is 10.5 Å². The number of phenolic OH excluding ortho intramolecular Hbond substituents is 1. The maximum Gasteiger partial charge on any atom is 0.405 e. The van der Waals surface area contributed by atoms with Crippen LogP contribution < -0.4 is 14.7 Å². The van der Waals surface area contributed by atoms with Gasteiger partial charge < -0.3 is 14.4 Å². The van der Waals surface area contributed by atoms with Gasteiger partial charge >= 0.3 is 7.60 Å². The van der Waals surface area contributed by atoms with Gasteiger partial charge in [0.05, 0.1) is 12.3 Å². The fraction of sp³-hybridized carbons (Fsp3) is 0.421. The Kier molecular flexibility index (Phi) is 6.07. The van der Waals surface area contributed by atoms with Crippen molar-refractivity contribution in [2.24, 2.45) is 0 Å². The van der Waals surface area contributed by atoms with Crippen molar-refractivity contribution in [2.75, 3.05) is 12.6 Å². The summed E-state index contributed by atoms with van der Waals surface area (Å²) in [5.74, 6) is 0.988. The fourth-order valence-corrected chi connectivity index (χ4v) is 3.37. The summed E-state index contributed by atoms with van der Waals surface area (Å²) < 4.78 is 30.0. The lowest BCUT2D eigenvalue weighted by atomic mass is 10.2. The van der Waals surface area contributed by atoms with Gasteiger partial charge in [-0.25, -0.2) is 15.0 Å². The number of methoxy groups -OCH3 is 1. The van der Waals surface area contributed by atoms with E-state index in [-0.39, 0.29) is 17.2 Å². The first kappa shape index (κ1) is 21.1. The number of aryl methyl sites for hydroxylation is 2. The summed E-state index contributed by atoms with van der Waals surface area (Å²) in [5.41, 5.74) is 5.15. The Labute approximate surface area is 160 Å². The zero-order valence-corrected chi connectivity index (χ0v) is 17.7. The van der Waals surface area contributed by atoms with Crippen LogP contribution in [0, 0.1) is 20.8 Å². The van der Waals surface area contributed by atoms with E-state index < -0.39 is 12.8 Å². The second-order valence-electron chi connectivity index (χ2n) is 7.35. The van der Waals surface area contributed by atoms with Gasteiger partial charge in [0.15, 0.2) is 17.3 Å². The molecule has 2 rings (SSSR count). The van der Waals surface area contributed by atoms with Crippen molar-refractivity contribution in [2.45, 2.75) is 46.7 Å². The van der Waals surface area contributed by atoms with Crippen LogP contribution in [0.5, 0.6) is 17.2 Å². The molecule has 7 nitrogen and oxygen atoms in total. The minimum atomic E-state index is -3.68. The van der Waals surface area contributed by atoms with Crippen LogP contribution in [-0.4, -0.2) is 22.4 Å². The maximum absolute atomic E-state index is 13.5. The summed E-state index contributed by atoms with van der Waals surface area (Å²) in [6.07, 6.45) is 1.64. The molecule has 8 heteroatoms. The van der Waals surface area contributed by atoms with Gasteiger partial charge in [-0.3, -0.25) is 0 Å². The highest BCUT2D eigenvalue weighted by Crippen LogP contribution is 2.59. The minimum absolute atomic E-state index is 0.00840. The highest BCUT2D eigenvalue weighted by molar-refractivity contribution is 7.56. The van der Waals surface area contributed by atoms with Crippen molar-refractivity contribution in [1.29, 1.82) is 0 Å². The van der Waals surface area contributed by atoms with Crippen LogP contribution in [-0.2, 0) is 9.19 Å². The first-order chi connectivity index (χ1) is 12.5. The van der Waals surface area contributed by atoms with Crippen molar-refractivity contribution < 1.29 is 23.6 Å². The van der Waals surface area contributed by atoms with E-state index in [0.717, 1.165) is 11.1 Å². The van der Waals surface area contributed by atoms with Crippen molar-refractivity contribution in [3.05, 3.63) is 41.1 Å². The maximum atomic E-state index is 13.5. The van der Waals surface area contributed by atoms with E-state index in [1.807, 2.05) is 19.9 Å². The molecule has 27 heavy (non-hydrogen) atoms. The van der Waals surface area contributed by atoms with Gasteiger partial charge in [-0.2, -0.15) is 4.62 Å². The van der Waals surface area contributed by atoms with Crippen LogP contribution in [0.4, 0.5) is 5.82 Å². The first-order valence-electron chi connectivity index (χ1n) is 8.52. The number of anilines is 1. The third-order valence-electron chi connectivity index (χ3n) is 4.24. The first-order valence-corrected chi connectivity index (χ1v) is 10.1. The molecule has 0 aliphatic rings. The predicted molar refractivity (Wildman–Crippen MR) is 106 cm³/mol. The number of hydrogen-bond acceptors (Lipinski definition) is 7. The van der Waals surface area contributed by atoms with Gasteiger partial charge in [-0.1, -0.05) is 0 Å². The van der Waals surface area contributed by atoms with E-state index in [9.17, 15) is 9.67 Å². The molecular weight excluding hydrogens is 367 g/mol. The molecule has 0 saturated carbocycles. The molecule has 1 aromatic carbocycles. The Morgan fingerprint density at radius 2 is 1.81 bits per heavy atom. The van der Waals surface area contributed by atoms with E-state index in [4.69, 9.17) is 13.9 Å². The highest BCUT2D eigenvalue weighted by Gasteiger charge is 2.42. The van der Waals surface area contributed by atoms with Gasteiger partial charge in [0.25, 0.3) is 0 Å². The third kappa shape index (κ3) is 4.54. The van der Waals surface area contributed by atoms with Gasteiger partial charge in [0, 0.05) is 12.3 Å². The summed E-state index contributed by atoms with van der Waals surface area (Å²) in [4.78, 5) is 4.22. The van der Waals surface area contributed by atoms with Gasteiger partial charge in [-0.05, 0) is 70.4 Å². The lowest BCUT2D eigenvalue weighted by Gasteiger charge is -2.30. The molecule has 0 amide bonds. The molecule has 1 unspecified atom stereocenters. The lowest BCUT2D eigenvalue weighted by Crippen LogP contribution is -2.23. The number of aromatic hydroxyl groups is 1. The van der Waals surface area contributed by atoms with E-state index >= 15 is 0 Å². The van der Waals surface area contributed by atoms with Crippen molar-refractivity contribution >= 4 is 13.4 Å². The number of rotatable bonds is 6. The summed E-state index contributed by atoms with van der Waals surface area (Å²) in [6, 6.07) is 4.93. The van der Waals surface area contributed by atoms with Gasteiger partial charge in [-0.15, -0.1) is 0 Å². The number of phenols is 1. The van der Waals surface area contributed by atoms with Gasteiger partial charge in [0.2, 0.25) is 0 Å². The van der Waals surface area contributed by atoms with E-state index in [0.29, 0.717) is 11.4 Å². The largest absolute Gasteiger partial charge is 0.504 e. The van der Waals surface area contributed by atoms with Gasteiger partial charge in [0.1, 0.15) is 5.75 Å². The molecule has 148 valence electrons. The quantitative estimate of drug-likeness (QED) is 0.518. The van der Waals surface area contributed by atoms with Crippen LogP contribution in [0.15, 0.2) is 24.4 Å². The molecule has 0 bridgehead atoms. The number of nitrogens with one attached hydrogen (secondary N) is 1. The molecular formula is C19H27N2O5P. The summed E-state index contributed by atoms with van der Waals surface area (Å²) >= 11 is 0. The molecule has 0 radical (unpaired) electrons. The number of hydrogen-bond donors (Lipinski definition) is 2. The molecule has 2 aromatic rings. The van der Waals surface area contributed by atoms with Crippen LogP contribution in [0.1, 0.15) is 37.5 Å². The van der Waals surface area contributed by atoms with Crippen LogP contribution in [0.2, 0.25) is 0 Å². The van der Waals surface area contributed by atoms with Crippen molar-refractivity contribution in [1.82, 2.24) is 4.98 Å². The molecule has 0 aliphatic carbocycles. The Balaban J connectivity index is 2.33. The molecule has 0 saturated heterocycles. The summed E-state index contributed by atoms with van der Waals surface area (Å²) in [7, 11) is -2.24. The SMILES string of the molecule is COc1cc(OP(=O)(ONc2nccc(C)c2C)C(C)(C)C)cc(C)c1O. The number of nitrogens with zero attached hydrogens (tertiary/aromatic N) is 1. The Morgan fingerprint density at radius 1 is 1.15 bits per heavy atom. The highest BCUT2D eigenvalue weighted by atomic mass is 31.2. The summed E-state index contributed by atoms with van der Waals surface area (Å²) in [5, 5.41) is 9.16.